The van der Waals surface area contributed by atoms with Gasteiger partial charge in [-0.3, -0.25) is 4.98 Å². The number of pyridine rings is 1. The van der Waals surface area contributed by atoms with Crippen LogP contribution in [0.5, 0.6) is 5.75 Å². The van der Waals surface area contributed by atoms with Crippen molar-refractivity contribution in [2.24, 2.45) is 5.92 Å². The Balaban J connectivity index is 0.00000240. The van der Waals surface area contributed by atoms with Gasteiger partial charge in [-0.2, -0.15) is 4.98 Å². The molecule has 0 spiro atoms. The lowest BCUT2D eigenvalue weighted by Gasteiger charge is -2.21. The average Bonchev–Trinajstić information content (AvgIpc) is 3.20. The van der Waals surface area contributed by atoms with Gasteiger partial charge in [0.25, 0.3) is 0 Å². The minimum Gasteiger partial charge on any atom is -0.492 e. The van der Waals surface area contributed by atoms with E-state index in [9.17, 15) is 0 Å². The van der Waals surface area contributed by atoms with Gasteiger partial charge in [0.2, 0.25) is 5.95 Å². The Morgan fingerprint density at radius 1 is 1.17 bits per heavy atom. The lowest BCUT2D eigenvalue weighted by atomic mass is 9.97. The highest BCUT2D eigenvalue weighted by Gasteiger charge is 2.14. The van der Waals surface area contributed by atoms with Crippen molar-refractivity contribution in [1.82, 2.24) is 19.7 Å². The highest BCUT2D eigenvalue weighted by Crippen LogP contribution is 2.24. The largest absolute Gasteiger partial charge is 0.492 e. The number of hydrogen-bond acceptors (Lipinski definition) is 6. The van der Waals surface area contributed by atoms with E-state index >= 15 is 0 Å². The summed E-state index contributed by atoms with van der Waals surface area (Å²) in [7, 11) is 0. The summed E-state index contributed by atoms with van der Waals surface area (Å²) in [6.07, 6.45) is 6.74. The Kier molecular flexibility index (Phi) is 7.43. The molecule has 29 heavy (non-hydrogen) atoms. The first kappa shape index (κ1) is 21.1. The Morgan fingerprint density at radius 2 is 1.97 bits per heavy atom. The number of ether oxygens (including phenoxy) is 2. The van der Waals surface area contributed by atoms with Crippen LogP contribution < -0.4 is 10.1 Å². The summed E-state index contributed by atoms with van der Waals surface area (Å²) in [4.78, 5) is 8.78. The Hall–Kier alpha value is -2.64. The Labute approximate surface area is 176 Å². The highest BCUT2D eigenvalue weighted by atomic mass is 35.5. The molecule has 0 atom stereocenters. The summed E-state index contributed by atoms with van der Waals surface area (Å²) in [5, 5.41) is 7.72. The van der Waals surface area contributed by atoms with Crippen LogP contribution in [0.25, 0.3) is 5.69 Å². The van der Waals surface area contributed by atoms with E-state index < -0.39 is 0 Å². The lowest BCUT2D eigenvalue weighted by Crippen LogP contribution is -2.17. The van der Waals surface area contributed by atoms with Crippen LogP contribution in [-0.4, -0.2) is 39.6 Å². The van der Waals surface area contributed by atoms with Crippen molar-refractivity contribution >= 4 is 24.0 Å². The number of benzene rings is 1. The molecule has 154 valence electrons. The molecule has 0 saturated carbocycles. The second kappa shape index (κ2) is 10.2. The van der Waals surface area contributed by atoms with E-state index in [1.54, 1.807) is 17.2 Å². The van der Waals surface area contributed by atoms with E-state index in [2.05, 4.69) is 20.4 Å². The molecular weight excluding hydrogens is 390 g/mol. The molecule has 7 nitrogen and oxygen atoms in total. The van der Waals surface area contributed by atoms with Crippen molar-refractivity contribution < 1.29 is 9.47 Å². The van der Waals surface area contributed by atoms with Gasteiger partial charge in [0, 0.05) is 19.3 Å². The predicted molar refractivity (Wildman–Crippen MR) is 115 cm³/mol. The quantitative estimate of drug-likeness (QED) is 0.619. The number of hydrogen-bond donors (Lipinski definition) is 1. The Morgan fingerprint density at radius 3 is 2.76 bits per heavy atom. The van der Waals surface area contributed by atoms with E-state index in [0.29, 0.717) is 18.5 Å². The number of nitrogens with one attached hydrogen (secondary N) is 1. The van der Waals surface area contributed by atoms with Crippen molar-refractivity contribution in [3.05, 3.63) is 54.6 Å². The third-order valence-electron chi connectivity index (χ3n) is 4.96. The molecule has 4 rings (SSSR count). The maximum atomic E-state index is 5.93. The predicted octanol–water partition coefficient (Wildman–Crippen LogP) is 4.33. The summed E-state index contributed by atoms with van der Waals surface area (Å²) < 4.78 is 13.1. The van der Waals surface area contributed by atoms with Gasteiger partial charge in [0.1, 0.15) is 12.1 Å². The van der Waals surface area contributed by atoms with Crippen LogP contribution in [-0.2, 0) is 4.74 Å². The fraction of sp³-hybridized carbons (Fsp3) is 0.381. The Bertz CT molecular complexity index is 897. The topological polar surface area (TPSA) is 74.1 Å². The van der Waals surface area contributed by atoms with E-state index in [1.807, 2.05) is 43.3 Å². The number of rotatable bonds is 7. The number of nitrogens with zero attached hydrogens (tertiary/aromatic N) is 4. The average molecular weight is 416 g/mol. The summed E-state index contributed by atoms with van der Waals surface area (Å²) in [5.41, 5.74) is 2.67. The molecule has 0 aliphatic carbocycles. The number of halogens is 1. The first-order valence-corrected chi connectivity index (χ1v) is 9.69. The second-order valence-corrected chi connectivity index (χ2v) is 6.97. The lowest BCUT2D eigenvalue weighted by molar-refractivity contribution is 0.0593. The number of aromatic nitrogens is 4. The first-order valence-electron chi connectivity index (χ1n) is 9.69. The van der Waals surface area contributed by atoms with Crippen molar-refractivity contribution in [1.29, 1.82) is 0 Å². The molecule has 1 fully saturated rings. The zero-order valence-electron chi connectivity index (χ0n) is 16.5. The smallest absolute Gasteiger partial charge is 0.247 e. The summed E-state index contributed by atoms with van der Waals surface area (Å²) >= 11 is 0. The molecule has 2 aromatic heterocycles. The molecule has 1 aromatic carbocycles. The molecule has 0 unspecified atom stereocenters. The maximum absolute atomic E-state index is 5.93. The SMILES string of the molecule is Cc1ncc(OCCC2CCOCC2)cc1Nc1ncn(-c2ccccc2)n1.Cl. The van der Waals surface area contributed by atoms with Gasteiger partial charge < -0.3 is 14.8 Å². The summed E-state index contributed by atoms with van der Waals surface area (Å²) in [6.45, 7) is 4.37. The normalized spacial score (nSPS) is 14.2. The van der Waals surface area contributed by atoms with Crippen LogP contribution in [0.4, 0.5) is 11.6 Å². The van der Waals surface area contributed by atoms with E-state index in [1.165, 1.54) is 0 Å². The summed E-state index contributed by atoms with van der Waals surface area (Å²) in [5.74, 6) is 1.96. The number of anilines is 2. The second-order valence-electron chi connectivity index (χ2n) is 6.97. The molecule has 3 heterocycles. The van der Waals surface area contributed by atoms with Crippen LogP contribution in [0, 0.1) is 12.8 Å². The van der Waals surface area contributed by atoms with Crippen molar-refractivity contribution in [2.45, 2.75) is 26.2 Å². The van der Waals surface area contributed by atoms with Gasteiger partial charge in [0.15, 0.2) is 0 Å². The monoisotopic (exact) mass is 415 g/mol. The highest BCUT2D eigenvalue weighted by molar-refractivity contribution is 5.85. The van der Waals surface area contributed by atoms with Gasteiger partial charge in [-0.15, -0.1) is 17.5 Å². The third kappa shape index (κ3) is 5.68. The van der Waals surface area contributed by atoms with Crippen molar-refractivity contribution in [3.63, 3.8) is 0 Å². The van der Waals surface area contributed by atoms with Gasteiger partial charge in [-0.1, -0.05) is 18.2 Å². The van der Waals surface area contributed by atoms with Gasteiger partial charge in [-0.25, -0.2) is 4.68 Å². The first-order chi connectivity index (χ1) is 13.8. The van der Waals surface area contributed by atoms with E-state index in [0.717, 1.165) is 55.3 Å². The molecule has 1 aliphatic heterocycles. The standard InChI is InChI=1S/C21H25N5O2.ClH/c1-16-20(24-21-23-15-26(25-21)18-5-3-2-4-6-18)13-19(14-22-16)28-12-9-17-7-10-27-11-8-17;/h2-6,13-15,17H,7-12H2,1H3,(H,24,25);1H. The third-order valence-corrected chi connectivity index (χ3v) is 4.96. The fourth-order valence-electron chi connectivity index (χ4n) is 3.24. The van der Waals surface area contributed by atoms with Crippen molar-refractivity contribution in [2.75, 3.05) is 25.1 Å². The molecule has 3 aromatic rings. The van der Waals surface area contributed by atoms with E-state index in [-0.39, 0.29) is 12.4 Å². The number of aryl methyl sites for hydroxylation is 1. The minimum absolute atomic E-state index is 0. The zero-order valence-corrected chi connectivity index (χ0v) is 17.3. The molecule has 1 aliphatic rings. The van der Waals surface area contributed by atoms with Crippen molar-refractivity contribution in [3.8, 4) is 11.4 Å². The summed E-state index contributed by atoms with van der Waals surface area (Å²) in [6, 6.07) is 11.8. The molecule has 1 saturated heterocycles. The molecule has 0 bridgehead atoms. The molecule has 0 radical (unpaired) electrons. The zero-order chi connectivity index (χ0) is 19.2. The van der Waals surface area contributed by atoms with Gasteiger partial charge in [0.05, 0.1) is 29.9 Å². The number of para-hydroxylation sites is 1. The van der Waals surface area contributed by atoms with Crippen LogP contribution in [0.3, 0.4) is 0 Å². The van der Waals surface area contributed by atoms with Crippen LogP contribution in [0.1, 0.15) is 25.0 Å². The molecular formula is C21H26ClN5O2. The van der Waals surface area contributed by atoms with Gasteiger partial charge in [-0.05, 0) is 44.2 Å². The fourth-order valence-corrected chi connectivity index (χ4v) is 3.24. The molecule has 8 heteroatoms. The van der Waals surface area contributed by atoms with Crippen LogP contribution >= 0.6 is 12.4 Å². The van der Waals surface area contributed by atoms with E-state index in [4.69, 9.17) is 9.47 Å². The maximum Gasteiger partial charge on any atom is 0.247 e. The minimum atomic E-state index is 0. The van der Waals surface area contributed by atoms with Crippen LogP contribution in [0.15, 0.2) is 48.9 Å². The van der Waals surface area contributed by atoms with Crippen LogP contribution in [0.2, 0.25) is 0 Å². The van der Waals surface area contributed by atoms with Gasteiger partial charge >= 0.3 is 0 Å². The molecule has 1 N–H and O–H groups in total. The molecule has 0 amide bonds.